The van der Waals surface area contributed by atoms with E-state index in [0.717, 1.165) is 45.0 Å². The molecule has 1 amide bonds. The first-order valence-corrected chi connectivity index (χ1v) is 11.6. The zero-order valence-electron chi connectivity index (χ0n) is 18.5. The maximum absolute atomic E-state index is 11.5. The van der Waals surface area contributed by atoms with E-state index in [1.54, 1.807) is 6.92 Å². The zero-order valence-corrected chi connectivity index (χ0v) is 20.9. The summed E-state index contributed by atoms with van der Waals surface area (Å²) in [6, 6.07) is 0. The van der Waals surface area contributed by atoms with E-state index in [1.807, 2.05) is 11.9 Å². The van der Waals surface area contributed by atoms with E-state index < -0.39 is 0 Å². The molecule has 3 rings (SSSR count). The number of carbonyl (C=O) groups excluding carboxylic acids is 1. The van der Waals surface area contributed by atoms with Crippen molar-refractivity contribution in [1.29, 1.82) is 0 Å². The van der Waals surface area contributed by atoms with Gasteiger partial charge in [-0.25, -0.2) is 0 Å². The molecule has 6 nitrogen and oxygen atoms in total. The van der Waals surface area contributed by atoms with Crippen molar-refractivity contribution < 1.29 is 4.79 Å². The molecule has 168 valence electrons. The van der Waals surface area contributed by atoms with E-state index in [0.29, 0.717) is 11.5 Å². The lowest BCUT2D eigenvalue weighted by Crippen LogP contribution is -2.59. The van der Waals surface area contributed by atoms with Gasteiger partial charge in [0.05, 0.1) is 0 Å². The largest absolute Gasteiger partial charge is 0.356 e. The second-order valence-corrected chi connectivity index (χ2v) is 9.09. The quantitative estimate of drug-likeness (QED) is 0.333. The Bertz CT molecular complexity index is 521. The molecule has 1 aliphatic carbocycles. The van der Waals surface area contributed by atoms with Gasteiger partial charge < -0.3 is 15.5 Å². The molecule has 7 heteroatoms. The molecule has 0 aromatic rings. The summed E-state index contributed by atoms with van der Waals surface area (Å²) in [6.45, 7) is 7.95. The van der Waals surface area contributed by atoms with Crippen LogP contribution in [0.2, 0.25) is 0 Å². The van der Waals surface area contributed by atoms with Crippen LogP contribution in [-0.2, 0) is 4.79 Å². The van der Waals surface area contributed by atoms with Crippen molar-refractivity contribution in [2.75, 3.05) is 46.3 Å². The van der Waals surface area contributed by atoms with Gasteiger partial charge in [-0.15, -0.1) is 24.0 Å². The predicted octanol–water partition coefficient (Wildman–Crippen LogP) is 3.22. The number of piperidine rings is 2. The molecule has 3 aliphatic rings. The number of hydrogen-bond acceptors (Lipinski definition) is 3. The maximum Gasteiger partial charge on any atom is 0.219 e. The molecule has 0 aromatic heterocycles. The number of aliphatic imine (C=N–C) groups is 1. The number of hydrogen-bond donors (Lipinski definition) is 2. The molecule has 0 unspecified atom stereocenters. The average molecular weight is 520 g/mol. The molecule has 2 N–H and O–H groups in total. The topological polar surface area (TPSA) is 60.0 Å². The first kappa shape index (κ1) is 24.7. The Balaban J connectivity index is 0.00000300. The van der Waals surface area contributed by atoms with Crippen LogP contribution in [0.1, 0.15) is 71.1 Å². The standard InChI is InChI=1S/C22H41N5O.HI/c1-19(28)26-15-9-20(10-16-26)17-24-21(23-2)25-18-22(11-5-3-6-12-22)27-13-7-4-8-14-27;/h20H,3-18H2,1-2H3,(H2,23,24,25);1H. The highest BCUT2D eigenvalue weighted by atomic mass is 127. The fourth-order valence-electron chi connectivity index (χ4n) is 5.34. The summed E-state index contributed by atoms with van der Waals surface area (Å²) in [5, 5.41) is 7.24. The number of carbonyl (C=O) groups is 1. The third-order valence-corrected chi connectivity index (χ3v) is 7.24. The van der Waals surface area contributed by atoms with Gasteiger partial charge in [0.2, 0.25) is 5.91 Å². The number of guanidine groups is 1. The predicted molar refractivity (Wildman–Crippen MR) is 131 cm³/mol. The molecule has 2 saturated heterocycles. The van der Waals surface area contributed by atoms with Gasteiger partial charge in [0.25, 0.3) is 0 Å². The summed E-state index contributed by atoms with van der Waals surface area (Å²) in [5.74, 6) is 1.77. The van der Waals surface area contributed by atoms with Crippen LogP contribution >= 0.6 is 24.0 Å². The normalized spacial score (nSPS) is 23.9. The summed E-state index contributed by atoms with van der Waals surface area (Å²) >= 11 is 0. The summed E-state index contributed by atoms with van der Waals surface area (Å²) in [6.07, 6.45) is 13.0. The maximum atomic E-state index is 11.5. The molecule has 0 bridgehead atoms. The Morgan fingerprint density at radius 1 is 0.966 bits per heavy atom. The van der Waals surface area contributed by atoms with Crippen LogP contribution in [-0.4, -0.2) is 73.5 Å². The number of nitrogens with zero attached hydrogens (tertiary/aromatic N) is 3. The minimum atomic E-state index is 0. The smallest absolute Gasteiger partial charge is 0.219 e. The van der Waals surface area contributed by atoms with Gasteiger partial charge in [0, 0.05) is 45.7 Å². The van der Waals surface area contributed by atoms with Crippen molar-refractivity contribution in [2.45, 2.75) is 76.7 Å². The van der Waals surface area contributed by atoms with Crippen molar-refractivity contribution in [1.82, 2.24) is 20.4 Å². The Kier molecular flexibility index (Phi) is 10.5. The average Bonchev–Trinajstić information content (AvgIpc) is 2.75. The van der Waals surface area contributed by atoms with Gasteiger partial charge in [0.1, 0.15) is 0 Å². The van der Waals surface area contributed by atoms with Crippen molar-refractivity contribution in [3.63, 3.8) is 0 Å². The van der Waals surface area contributed by atoms with E-state index in [9.17, 15) is 4.79 Å². The van der Waals surface area contributed by atoms with E-state index in [-0.39, 0.29) is 29.9 Å². The molecule has 3 fully saturated rings. The summed E-state index contributed by atoms with van der Waals surface area (Å²) in [7, 11) is 1.88. The van der Waals surface area contributed by atoms with Crippen LogP contribution in [0, 0.1) is 5.92 Å². The third-order valence-electron chi connectivity index (χ3n) is 7.24. The number of likely N-dealkylation sites (tertiary alicyclic amines) is 2. The highest BCUT2D eigenvalue weighted by molar-refractivity contribution is 14.0. The van der Waals surface area contributed by atoms with Crippen molar-refractivity contribution >= 4 is 35.8 Å². The van der Waals surface area contributed by atoms with E-state index in [1.165, 1.54) is 64.5 Å². The van der Waals surface area contributed by atoms with Gasteiger partial charge in [-0.2, -0.15) is 0 Å². The van der Waals surface area contributed by atoms with Gasteiger partial charge in [-0.05, 0) is 57.5 Å². The lowest BCUT2D eigenvalue weighted by Gasteiger charge is -2.48. The van der Waals surface area contributed by atoms with Crippen molar-refractivity contribution in [2.24, 2.45) is 10.9 Å². The summed E-state index contributed by atoms with van der Waals surface area (Å²) in [4.78, 5) is 20.7. The summed E-state index contributed by atoms with van der Waals surface area (Å²) < 4.78 is 0. The lowest BCUT2D eigenvalue weighted by atomic mass is 9.79. The Morgan fingerprint density at radius 3 is 2.17 bits per heavy atom. The Hall–Kier alpha value is -0.570. The molecule has 2 aliphatic heterocycles. The minimum absolute atomic E-state index is 0. The van der Waals surface area contributed by atoms with Gasteiger partial charge in [0.15, 0.2) is 5.96 Å². The fraction of sp³-hybridized carbons (Fsp3) is 0.909. The van der Waals surface area contributed by atoms with Gasteiger partial charge in [-0.3, -0.25) is 14.7 Å². The van der Waals surface area contributed by atoms with Gasteiger partial charge in [-0.1, -0.05) is 25.7 Å². The number of amides is 1. The Morgan fingerprint density at radius 2 is 1.59 bits per heavy atom. The molecule has 29 heavy (non-hydrogen) atoms. The van der Waals surface area contributed by atoms with Crippen LogP contribution in [0.5, 0.6) is 0 Å². The molecular formula is C22H42IN5O. The molecule has 0 radical (unpaired) electrons. The van der Waals surface area contributed by atoms with Crippen LogP contribution in [0.25, 0.3) is 0 Å². The molecule has 1 saturated carbocycles. The minimum Gasteiger partial charge on any atom is -0.356 e. The highest BCUT2D eigenvalue weighted by Gasteiger charge is 2.38. The summed E-state index contributed by atoms with van der Waals surface area (Å²) in [5.41, 5.74) is 0.323. The Labute approximate surface area is 194 Å². The first-order chi connectivity index (χ1) is 13.6. The molecule has 2 heterocycles. The van der Waals surface area contributed by atoms with Crippen LogP contribution in [0.4, 0.5) is 0 Å². The molecule has 0 atom stereocenters. The number of nitrogens with one attached hydrogen (secondary N) is 2. The zero-order chi connectivity index (χ0) is 19.8. The monoisotopic (exact) mass is 519 g/mol. The number of rotatable bonds is 5. The highest BCUT2D eigenvalue weighted by Crippen LogP contribution is 2.35. The second-order valence-electron chi connectivity index (χ2n) is 9.09. The molecule has 0 spiro atoms. The van der Waals surface area contributed by atoms with Crippen molar-refractivity contribution in [3.05, 3.63) is 0 Å². The van der Waals surface area contributed by atoms with E-state index in [2.05, 4.69) is 20.5 Å². The van der Waals surface area contributed by atoms with E-state index >= 15 is 0 Å². The van der Waals surface area contributed by atoms with Gasteiger partial charge >= 0.3 is 0 Å². The number of halogens is 1. The second kappa shape index (κ2) is 12.3. The van der Waals surface area contributed by atoms with Crippen molar-refractivity contribution in [3.8, 4) is 0 Å². The SMILES string of the molecule is CN=C(NCC1CCN(C(C)=O)CC1)NCC1(N2CCCCC2)CCCCC1.I. The van der Waals surface area contributed by atoms with E-state index in [4.69, 9.17) is 0 Å². The lowest BCUT2D eigenvalue weighted by molar-refractivity contribution is -0.130. The third kappa shape index (κ3) is 6.97. The fourth-order valence-corrected chi connectivity index (χ4v) is 5.34. The van der Waals surface area contributed by atoms with Crippen LogP contribution in [0.3, 0.4) is 0 Å². The van der Waals surface area contributed by atoms with Crippen LogP contribution in [0.15, 0.2) is 4.99 Å². The molecule has 0 aromatic carbocycles. The first-order valence-electron chi connectivity index (χ1n) is 11.6. The van der Waals surface area contributed by atoms with Crippen LogP contribution < -0.4 is 10.6 Å². The molecular weight excluding hydrogens is 477 g/mol.